The zero-order chi connectivity index (χ0) is 9.10. The minimum atomic E-state index is 0.539. The van der Waals surface area contributed by atoms with Crippen LogP contribution in [0.3, 0.4) is 0 Å². The largest absolute Gasteiger partial charge is 0.301 e. The van der Waals surface area contributed by atoms with Crippen LogP contribution in [-0.2, 0) is 0 Å². The molecule has 2 nitrogen and oxygen atoms in total. The predicted molar refractivity (Wildman–Crippen MR) is 62.9 cm³/mol. The van der Waals surface area contributed by atoms with E-state index >= 15 is 0 Å². The molecule has 2 rings (SSSR count). The Hall–Kier alpha value is 0.460. The van der Waals surface area contributed by atoms with Gasteiger partial charge in [0.2, 0.25) is 0 Å². The lowest BCUT2D eigenvalue weighted by Crippen LogP contribution is -2.35. The van der Waals surface area contributed by atoms with Gasteiger partial charge in [-0.3, -0.25) is 4.99 Å². The van der Waals surface area contributed by atoms with Crippen LogP contribution in [0.15, 0.2) is 4.99 Å². The molecule has 0 N–H and O–H groups in total. The molecule has 0 radical (unpaired) electrons. The van der Waals surface area contributed by atoms with E-state index in [1.54, 1.807) is 0 Å². The van der Waals surface area contributed by atoms with E-state index in [9.17, 15) is 0 Å². The molecule has 0 saturated carbocycles. The van der Waals surface area contributed by atoms with Crippen LogP contribution >= 0.6 is 27.7 Å². The topological polar surface area (TPSA) is 15.6 Å². The summed E-state index contributed by atoms with van der Waals surface area (Å²) in [6.45, 7) is 3.74. The third-order valence-electron chi connectivity index (χ3n) is 2.60. The average molecular weight is 263 g/mol. The van der Waals surface area contributed by atoms with Crippen molar-refractivity contribution in [1.82, 2.24) is 4.90 Å². The van der Waals surface area contributed by atoms with Crippen molar-refractivity contribution in [3.8, 4) is 0 Å². The summed E-state index contributed by atoms with van der Waals surface area (Å²) in [4.78, 5) is 7.10. The minimum absolute atomic E-state index is 0.539. The number of rotatable bonds is 2. The van der Waals surface area contributed by atoms with E-state index in [0.717, 1.165) is 9.71 Å². The number of likely N-dealkylation sites (tertiary alicyclic amines) is 1. The van der Waals surface area contributed by atoms with Crippen molar-refractivity contribution in [2.24, 2.45) is 4.99 Å². The van der Waals surface area contributed by atoms with Crippen LogP contribution in [0.2, 0.25) is 0 Å². The van der Waals surface area contributed by atoms with Gasteiger partial charge in [0.25, 0.3) is 0 Å². The highest BCUT2D eigenvalue weighted by atomic mass is 79.9. The van der Waals surface area contributed by atoms with Gasteiger partial charge in [-0.15, -0.1) is 0 Å². The summed E-state index contributed by atoms with van der Waals surface area (Å²) in [5, 5.41) is 0. The first-order chi connectivity index (χ1) is 6.34. The SMILES string of the molecule is BrC1=NC(CN2CCCCC2)CS1. The molecule has 4 heteroatoms. The molecule has 74 valence electrons. The number of halogens is 1. The fraction of sp³-hybridized carbons (Fsp3) is 0.889. The summed E-state index contributed by atoms with van der Waals surface area (Å²) in [6.07, 6.45) is 4.18. The van der Waals surface area contributed by atoms with Crippen LogP contribution < -0.4 is 0 Å². The minimum Gasteiger partial charge on any atom is -0.301 e. The van der Waals surface area contributed by atoms with Crippen molar-refractivity contribution in [2.75, 3.05) is 25.4 Å². The van der Waals surface area contributed by atoms with Gasteiger partial charge in [0, 0.05) is 12.3 Å². The van der Waals surface area contributed by atoms with Gasteiger partial charge < -0.3 is 4.90 Å². The molecule has 0 amide bonds. The van der Waals surface area contributed by atoms with E-state index in [4.69, 9.17) is 0 Å². The van der Waals surface area contributed by atoms with Crippen molar-refractivity contribution in [1.29, 1.82) is 0 Å². The van der Waals surface area contributed by atoms with Gasteiger partial charge in [-0.25, -0.2) is 0 Å². The molecule has 1 unspecified atom stereocenters. The summed E-state index contributed by atoms with van der Waals surface area (Å²) in [6, 6.07) is 0.539. The van der Waals surface area contributed by atoms with E-state index in [1.165, 1.54) is 38.9 Å². The summed E-state index contributed by atoms with van der Waals surface area (Å²) in [7, 11) is 0. The quantitative estimate of drug-likeness (QED) is 0.760. The maximum absolute atomic E-state index is 4.54. The molecule has 0 aromatic heterocycles. The number of nitrogens with zero attached hydrogens (tertiary/aromatic N) is 2. The molecule has 2 heterocycles. The van der Waals surface area contributed by atoms with E-state index in [0.29, 0.717) is 6.04 Å². The Labute approximate surface area is 92.3 Å². The smallest absolute Gasteiger partial charge is 0.134 e. The average Bonchev–Trinajstić information content (AvgIpc) is 2.53. The number of aliphatic imine (C=N–C) groups is 1. The van der Waals surface area contributed by atoms with Crippen molar-refractivity contribution in [2.45, 2.75) is 25.3 Å². The first-order valence-electron chi connectivity index (χ1n) is 4.93. The maximum Gasteiger partial charge on any atom is 0.134 e. The summed E-state index contributed by atoms with van der Waals surface area (Å²) < 4.78 is 1.09. The molecule has 13 heavy (non-hydrogen) atoms. The molecule has 0 spiro atoms. The van der Waals surface area contributed by atoms with Gasteiger partial charge in [0.05, 0.1) is 6.04 Å². The first-order valence-corrected chi connectivity index (χ1v) is 6.71. The van der Waals surface area contributed by atoms with Crippen molar-refractivity contribution in [3.63, 3.8) is 0 Å². The standard InChI is InChI=1S/C9H15BrN2S/c10-9-11-8(7-13-9)6-12-4-2-1-3-5-12/h8H,1-7H2. The van der Waals surface area contributed by atoms with E-state index in [1.807, 2.05) is 11.8 Å². The number of piperidine rings is 1. The van der Waals surface area contributed by atoms with E-state index in [2.05, 4.69) is 25.8 Å². The Morgan fingerprint density at radius 3 is 2.77 bits per heavy atom. The summed E-state index contributed by atoms with van der Waals surface area (Å²) >= 11 is 5.27. The molecule has 1 atom stereocenters. The van der Waals surface area contributed by atoms with Crippen molar-refractivity contribution in [3.05, 3.63) is 0 Å². The van der Waals surface area contributed by atoms with Gasteiger partial charge in [0.1, 0.15) is 3.95 Å². The Kier molecular flexibility index (Phi) is 3.69. The molecule has 0 aromatic rings. The Morgan fingerprint density at radius 1 is 1.38 bits per heavy atom. The molecule has 0 bridgehead atoms. The monoisotopic (exact) mass is 262 g/mol. The molecular weight excluding hydrogens is 248 g/mol. The maximum atomic E-state index is 4.54. The number of thioether (sulfide) groups is 1. The lowest BCUT2D eigenvalue weighted by molar-refractivity contribution is 0.221. The Morgan fingerprint density at radius 2 is 2.15 bits per heavy atom. The second-order valence-electron chi connectivity index (χ2n) is 3.71. The Balaban J connectivity index is 1.77. The normalized spacial score (nSPS) is 30.5. The van der Waals surface area contributed by atoms with Crippen LogP contribution in [0, 0.1) is 0 Å². The zero-order valence-electron chi connectivity index (χ0n) is 7.71. The van der Waals surface area contributed by atoms with Crippen LogP contribution in [0.25, 0.3) is 0 Å². The molecule has 1 fully saturated rings. The molecule has 0 aromatic carbocycles. The summed E-state index contributed by atoms with van der Waals surface area (Å²) in [5.41, 5.74) is 0. The second-order valence-corrected chi connectivity index (χ2v) is 5.99. The van der Waals surface area contributed by atoms with E-state index < -0.39 is 0 Å². The highest BCUT2D eigenvalue weighted by Crippen LogP contribution is 2.23. The van der Waals surface area contributed by atoms with Gasteiger partial charge in [-0.2, -0.15) is 0 Å². The fourth-order valence-electron chi connectivity index (χ4n) is 1.92. The number of hydrogen-bond acceptors (Lipinski definition) is 3. The highest BCUT2D eigenvalue weighted by molar-refractivity contribution is 9.22. The highest BCUT2D eigenvalue weighted by Gasteiger charge is 2.20. The zero-order valence-corrected chi connectivity index (χ0v) is 10.1. The van der Waals surface area contributed by atoms with Crippen LogP contribution in [0.5, 0.6) is 0 Å². The Bertz CT molecular complexity index is 202. The molecular formula is C9H15BrN2S. The van der Waals surface area contributed by atoms with Crippen molar-refractivity contribution < 1.29 is 0 Å². The third-order valence-corrected chi connectivity index (χ3v) is 4.38. The van der Waals surface area contributed by atoms with E-state index in [-0.39, 0.29) is 0 Å². The molecule has 2 aliphatic rings. The van der Waals surface area contributed by atoms with Gasteiger partial charge in [-0.05, 0) is 41.9 Å². The predicted octanol–water partition coefficient (Wildman–Crippen LogP) is 2.34. The van der Waals surface area contributed by atoms with Crippen LogP contribution in [0.1, 0.15) is 19.3 Å². The second kappa shape index (κ2) is 4.80. The third kappa shape index (κ3) is 2.96. The van der Waals surface area contributed by atoms with Gasteiger partial charge >= 0.3 is 0 Å². The van der Waals surface area contributed by atoms with Gasteiger partial charge in [0.15, 0.2) is 0 Å². The lowest BCUT2D eigenvalue weighted by Gasteiger charge is -2.27. The first kappa shape index (κ1) is 9.99. The molecule has 0 aliphatic carbocycles. The number of hydrogen-bond donors (Lipinski definition) is 0. The van der Waals surface area contributed by atoms with Crippen LogP contribution in [0.4, 0.5) is 0 Å². The summed E-state index contributed by atoms with van der Waals surface area (Å²) in [5.74, 6) is 1.16. The van der Waals surface area contributed by atoms with Crippen LogP contribution in [-0.4, -0.2) is 40.3 Å². The van der Waals surface area contributed by atoms with Crippen molar-refractivity contribution >= 4 is 31.6 Å². The molecule has 1 saturated heterocycles. The lowest BCUT2D eigenvalue weighted by atomic mass is 10.1. The molecule has 2 aliphatic heterocycles. The fourth-order valence-corrected chi connectivity index (χ4v) is 3.34. The van der Waals surface area contributed by atoms with Gasteiger partial charge in [-0.1, -0.05) is 18.2 Å².